The van der Waals surface area contributed by atoms with Gasteiger partial charge in [-0.2, -0.15) is 5.26 Å². The predicted octanol–water partition coefficient (Wildman–Crippen LogP) is 2.96. The van der Waals surface area contributed by atoms with E-state index in [4.69, 9.17) is 9.47 Å². The van der Waals surface area contributed by atoms with Crippen LogP contribution in [0.2, 0.25) is 0 Å². The SMILES string of the molecule is COc1ccccc1N1CC(C(=O)OC/C(O)=C(\C#N)c2nc3ccccc3[nH]2)CC1=O. The molecule has 1 aromatic heterocycles. The first-order valence-corrected chi connectivity index (χ1v) is 9.89. The zero-order chi connectivity index (χ0) is 22.7. The first-order chi connectivity index (χ1) is 15.5. The van der Waals surface area contributed by atoms with Gasteiger partial charge in [-0.05, 0) is 24.3 Å². The fourth-order valence-electron chi connectivity index (χ4n) is 3.61. The summed E-state index contributed by atoms with van der Waals surface area (Å²) >= 11 is 0. The number of nitrogens with one attached hydrogen (secondary N) is 1. The molecule has 0 spiro atoms. The third-order valence-electron chi connectivity index (χ3n) is 5.21. The molecule has 1 amide bonds. The van der Waals surface area contributed by atoms with Gasteiger partial charge in [-0.3, -0.25) is 9.59 Å². The molecule has 9 heteroatoms. The lowest BCUT2D eigenvalue weighted by Crippen LogP contribution is -2.27. The van der Waals surface area contributed by atoms with E-state index in [2.05, 4.69) is 9.97 Å². The number of para-hydroxylation sites is 4. The Morgan fingerprint density at radius 3 is 2.78 bits per heavy atom. The van der Waals surface area contributed by atoms with Gasteiger partial charge in [-0.15, -0.1) is 0 Å². The Morgan fingerprint density at radius 1 is 1.28 bits per heavy atom. The number of allylic oxidation sites excluding steroid dienone is 1. The topological polar surface area (TPSA) is 129 Å². The van der Waals surface area contributed by atoms with Crippen LogP contribution in [0, 0.1) is 17.2 Å². The first kappa shape index (κ1) is 20.9. The molecule has 1 saturated heterocycles. The molecule has 3 aromatic rings. The number of fused-ring (bicyclic) bond motifs is 1. The van der Waals surface area contributed by atoms with Crippen LogP contribution in [-0.4, -0.2) is 47.2 Å². The van der Waals surface area contributed by atoms with Crippen LogP contribution < -0.4 is 9.64 Å². The number of hydrogen-bond acceptors (Lipinski definition) is 7. The second-order valence-corrected chi connectivity index (χ2v) is 7.22. The fourth-order valence-corrected chi connectivity index (χ4v) is 3.61. The van der Waals surface area contributed by atoms with E-state index in [1.807, 2.05) is 18.2 Å². The van der Waals surface area contributed by atoms with Gasteiger partial charge in [0.05, 0.1) is 29.7 Å². The highest BCUT2D eigenvalue weighted by molar-refractivity contribution is 6.00. The minimum absolute atomic E-state index is 0.0178. The number of imidazole rings is 1. The highest BCUT2D eigenvalue weighted by atomic mass is 16.5. The number of methoxy groups -OCH3 is 1. The molecule has 4 rings (SSSR count). The summed E-state index contributed by atoms with van der Waals surface area (Å²) < 4.78 is 10.5. The van der Waals surface area contributed by atoms with Crippen LogP contribution in [0.25, 0.3) is 16.6 Å². The van der Waals surface area contributed by atoms with Crippen molar-refractivity contribution in [3.05, 3.63) is 60.1 Å². The van der Waals surface area contributed by atoms with Crippen LogP contribution in [0.3, 0.4) is 0 Å². The number of amides is 1. The van der Waals surface area contributed by atoms with Crippen molar-refractivity contribution in [3.63, 3.8) is 0 Å². The monoisotopic (exact) mass is 432 g/mol. The number of H-pyrrole nitrogens is 1. The summed E-state index contributed by atoms with van der Waals surface area (Å²) in [6.07, 6.45) is -0.0178. The third kappa shape index (κ3) is 3.98. The standard InChI is InChI=1S/C23H20N4O5/c1-31-20-9-5-4-8-18(20)27-12-14(10-21(27)29)23(30)32-13-19(28)15(11-24)22-25-16-6-2-3-7-17(16)26-22/h2-9,14,28H,10,12-13H2,1H3,(H,25,26)/b19-15-. The molecule has 1 atom stereocenters. The van der Waals surface area contributed by atoms with E-state index in [0.29, 0.717) is 22.5 Å². The number of nitriles is 1. The van der Waals surface area contributed by atoms with Gasteiger partial charge in [-0.1, -0.05) is 24.3 Å². The molecule has 2 N–H and O–H groups in total. The van der Waals surface area contributed by atoms with Gasteiger partial charge in [-0.25, -0.2) is 4.98 Å². The molecule has 32 heavy (non-hydrogen) atoms. The average molecular weight is 432 g/mol. The lowest BCUT2D eigenvalue weighted by atomic mass is 10.1. The Labute approximate surface area is 183 Å². The van der Waals surface area contributed by atoms with Crippen LogP contribution in [-0.2, 0) is 14.3 Å². The number of carbonyl (C=O) groups is 2. The van der Waals surface area contributed by atoms with Crippen LogP contribution in [0.1, 0.15) is 12.2 Å². The van der Waals surface area contributed by atoms with E-state index >= 15 is 0 Å². The Bertz CT molecular complexity index is 1220. The van der Waals surface area contributed by atoms with Gasteiger partial charge >= 0.3 is 5.97 Å². The number of rotatable bonds is 6. The van der Waals surface area contributed by atoms with Crippen molar-refractivity contribution in [2.75, 3.05) is 25.2 Å². The number of nitrogens with zero attached hydrogens (tertiary/aromatic N) is 3. The maximum atomic E-state index is 12.5. The van der Waals surface area contributed by atoms with Crippen molar-refractivity contribution in [1.82, 2.24) is 9.97 Å². The Morgan fingerprint density at radius 2 is 2.03 bits per heavy atom. The van der Waals surface area contributed by atoms with E-state index in [-0.39, 0.29) is 30.3 Å². The van der Waals surface area contributed by atoms with E-state index in [0.717, 1.165) is 0 Å². The molecule has 1 aliphatic rings. The summed E-state index contributed by atoms with van der Waals surface area (Å²) in [4.78, 5) is 33.7. The number of ether oxygens (including phenoxy) is 2. The van der Waals surface area contributed by atoms with Crippen molar-refractivity contribution in [1.29, 1.82) is 5.26 Å². The Kier molecular flexibility index (Phi) is 5.77. The number of esters is 1. The van der Waals surface area contributed by atoms with E-state index < -0.39 is 24.3 Å². The number of anilines is 1. The number of carbonyl (C=O) groups excluding carboxylic acids is 2. The quantitative estimate of drug-likeness (QED) is 0.348. The molecule has 9 nitrogen and oxygen atoms in total. The molecule has 2 heterocycles. The minimum atomic E-state index is -0.697. The maximum Gasteiger partial charge on any atom is 0.311 e. The van der Waals surface area contributed by atoms with Crippen molar-refractivity contribution in [2.24, 2.45) is 5.92 Å². The third-order valence-corrected chi connectivity index (χ3v) is 5.21. The van der Waals surface area contributed by atoms with Crippen molar-refractivity contribution in [3.8, 4) is 11.8 Å². The van der Waals surface area contributed by atoms with Gasteiger partial charge < -0.3 is 24.5 Å². The number of aromatic nitrogens is 2. The van der Waals surface area contributed by atoms with Crippen molar-refractivity contribution in [2.45, 2.75) is 6.42 Å². The Hall–Kier alpha value is -4.32. The number of hydrogen-bond donors (Lipinski definition) is 2. The average Bonchev–Trinajstić information content (AvgIpc) is 3.41. The second kappa shape index (κ2) is 8.81. The largest absolute Gasteiger partial charge is 0.507 e. The van der Waals surface area contributed by atoms with E-state index in [1.165, 1.54) is 12.0 Å². The molecule has 0 aliphatic carbocycles. The molecule has 1 aliphatic heterocycles. The summed E-state index contributed by atoms with van der Waals surface area (Å²) in [5.41, 5.74) is 1.81. The van der Waals surface area contributed by atoms with Gasteiger partial charge in [0.2, 0.25) is 5.91 Å². The summed E-state index contributed by atoms with van der Waals surface area (Å²) in [6, 6.07) is 16.1. The van der Waals surface area contributed by atoms with Crippen LogP contribution in [0.5, 0.6) is 5.75 Å². The van der Waals surface area contributed by atoms with Crippen molar-refractivity contribution < 1.29 is 24.2 Å². The van der Waals surface area contributed by atoms with E-state index in [9.17, 15) is 20.0 Å². The van der Waals surface area contributed by atoms with Gasteiger partial charge in [0.15, 0.2) is 11.6 Å². The number of aromatic amines is 1. The van der Waals surface area contributed by atoms with Gasteiger partial charge in [0.25, 0.3) is 0 Å². The van der Waals surface area contributed by atoms with Crippen LogP contribution >= 0.6 is 0 Å². The Balaban J connectivity index is 1.45. The summed E-state index contributed by atoms with van der Waals surface area (Å²) in [7, 11) is 1.51. The van der Waals surface area contributed by atoms with Crippen molar-refractivity contribution >= 4 is 34.2 Å². The molecule has 2 aromatic carbocycles. The highest BCUT2D eigenvalue weighted by Crippen LogP contribution is 2.33. The minimum Gasteiger partial charge on any atom is -0.507 e. The lowest BCUT2D eigenvalue weighted by Gasteiger charge is -2.19. The molecule has 0 radical (unpaired) electrons. The highest BCUT2D eigenvalue weighted by Gasteiger charge is 2.37. The molecule has 0 bridgehead atoms. The lowest BCUT2D eigenvalue weighted by molar-refractivity contribution is -0.148. The maximum absolute atomic E-state index is 12.5. The predicted molar refractivity (Wildman–Crippen MR) is 116 cm³/mol. The molecular formula is C23H20N4O5. The number of benzene rings is 2. The summed E-state index contributed by atoms with van der Waals surface area (Å²) in [5.74, 6) is -1.27. The van der Waals surface area contributed by atoms with Gasteiger partial charge in [0, 0.05) is 13.0 Å². The zero-order valence-electron chi connectivity index (χ0n) is 17.2. The number of aliphatic hydroxyl groups is 1. The summed E-state index contributed by atoms with van der Waals surface area (Å²) in [5, 5.41) is 19.8. The van der Waals surface area contributed by atoms with Crippen LogP contribution in [0.4, 0.5) is 5.69 Å². The molecule has 162 valence electrons. The second-order valence-electron chi connectivity index (χ2n) is 7.22. The normalized spacial score (nSPS) is 16.6. The smallest absolute Gasteiger partial charge is 0.311 e. The van der Waals surface area contributed by atoms with Gasteiger partial charge in [0.1, 0.15) is 24.0 Å². The van der Waals surface area contributed by atoms with E-state index in [1.54, 1.807) is 36.4 Å². The summed E-state index contributed by atoms with van der Waals surface area (Å²) in [6.45, 7) is -0.366. The zero-order valence-corrected chi connectivity index (χ0v) is 17.2. The molecular weight excluding hydrogens is 412 g/mol. The fraction of sp³-hybridized carbons (Fsp3) is 0.217. The molecule has 0 saturated carbocycles. The van der Waals surface area contributed by atoms with Crippen LogP contribution in [0.15, 0.2) is 54.3 Å². The molecule has 1 unspecified atom stereocenters. The first-order valence-electron chi connectivity index (χ1n) is 9.89. The number of aliphatic hydroxyl groups excluding tert-OH is 1. The molecule has 1 fully saturated rings.